The van der Waals surface area contributed by atoms with Crippen molar-refractivity contribution in [2.45, 2.75) is 44.6 Å². The first-order valence-electron chi connectivity index (χ1n) is 10.7. The van der Waals surface area contributed by atoms with Crippen molar-refractivity contribution in [3.63, 3.8) is 0 Å². The normalized spacial score (nSPS) is 14.5. The maximum Gasteiger partial charge on any atom is 0.261 e. The number of amides is 1. The predicted molar refractivity (Wildman–Crippen MR) is 123 cm³/mol. The summed E-state index contributed by atoms with van der Waals surface area (Å²) in [6.07, 6.45) is 3.36. The lowest BCUT2D eigenvalue weighted by Crippen LogP contribution is -2.45. The SMILES string of the molecule is CCCc1ccc(S(=O)(=O)Nc2cnc(N3CCNCC3)c(C(=O)NC(C)C)c2)cc1. The third-order valence-electron chi connectivity index (χ3n) is 4.97. The Labute approximate surface area is 184 Å². The summed E-state index contributed by atoms with van der Waals surface area (Å²) in [6.45, 7) is 8.89. The molecule has 1 aliphatic heterocycles. The average molecular weight is 446 g/mol. The van der Waals surface area contributed by atoms with Crippen molar-refractivity contribution in [3.05, 3.63) is 47.7 Å². The lowest BCUT2D eigenvalue weighted by Gasteiger charge is -2.30. The Kier molecular flexibility index (Phi) is 7.50. The molecule has 1 aromatic heterocycles. The molecule has 0 atom stereocenters. The van der Waals surface area contributed by atoms with Gasteiger partial charge in [0.15, 0.2) is 0 Å². The molecule has 168 valence electrons. The van der Waals surface area contributed by atoms with Gasteiger partial charge in [-0.05, 0) is 44.0 Å². The summed E-state index contributed by atoms with van der Waals surface area (Å²) in [4.78, 5) is 19.5. The zero-order valence-electron chi connectivity index (χ0n) is 18.3. The molecular formula is C22H31N5O3S. The summed E-state index contributed by atoms with van der Waals surface area (Å²) in [6, 6.07) is 8.36. The highest BCUT2D eigenvalue weighted by Gasteiger charge is 2.22. The fraction of sp³-hybridized carbons (Fsp3) is 0.455. The summed E-state index contributed by atoms with van der Waals surface area (Å²) in [7, 11) is -3.79. The van der Waals surface area contributed by atoms with Crippen molar-refractivity contribution < 1.29 is 13.2 Å². The Bertz CT molecular complexity index is 1000. The number of pyridine rings is 1. The number of carbonyl (C=O) groups excluding carboxylic acids is 1. The quantitative estimate of drug-likeness (QED) is 0.576. The van der Waals surface area contributed by atoms with Gasteiger partial charge in [-0.2, -0.15) is 0 Å². The number of rotatable bonds is 8. The van der Waals surface area contributed by atoms with E-state index in [0.717, 1.165) is 44.6 Å². The Morgan fingerprint density at radius 1 is 1.19 bits per heavy atom. The minimum absolute atomic E-state index is 0.0506. The van der Waals surface area contributed by atoms with E-state index in [4.69, 9.17) is 0 Å². The molecule has 0 bridgehead atoms. The van der Waals surface area contributed by atoms with Crippen molar-refractivity contribution in [2.24, 2.45) is 0 Å². The largest absolute Gasteiger partial charge is 0.353 e. The molecule has 0 saturated carbocycles. The van der Waals surface area contributed by atoms with Crippen molar-refractivity contribution in [1.29, 1.82) is 0 Å². The second-order valence-electron chi connectivity index (χ2n) is 7.96. The standard InChI is InChI=1S/C22H31N5O3S/c1-4-5-17-6-8-19(9-7-17)31(29,30)26-18-14-20(22(28)25-16(2)3)21(24-15-18)27-12-10-23-11-13-27/h6-9,14-16,23,26H,4-5,10-13H2,1-3H3,(H,25,28). The first-order chi connectivity index (χ1) is 14.8. The summed E-state index contributed by atoms with van der Waals surface area (Å²) >= 11 is 0. The van der Waals surface area contributed by atoms with Crippen LogP contribution in [0.5, 0.6) is 0 Å². The van der Waals surface area contributed by atoms with E-state index in [1.807, 2.05) is 30.9 Å². The van der Waals surface area contributed by atoms with Crippen LogP contribution in [-0.4, -0.2) is 51.5 Å². The highest BCUT2D eigenvalue weighted by atomic mass is 32.2. The number of hydrogen-bond donors (Lipinski definition) is 3. The number of piperazine rings is 1. The van der Waals surface area contributed by atoms with E-state index in [1.54, 1.807) is 18.2 Å². The number of hydrogen-bond acceptors (Lipinski definition) is 6. The number of aromatic nitrogens is 1. The van der Waals surface area contributed by atoms with E-state index in [-0.39, 0.29) is 22.5 Å². The van der Waals surface area contributed by atoms with E-state index in [0.29, 0.717) is 11.4 Å². The number of aryl methyl sites for hydroxylation is 1. The molecular weight excluding hydrogens is 414 g/mol. The van der Waals surface area contributed by atoms with E-state index >= 15 is 0 Å². The molecule has 31 heavy (non-hydrogen) atoms. The number of carbonyl (C=O) groups is 1. The molecule has 8 nitrogen and oxygen atoms in total. The molecule has 9 heteroatoms. The summed E-state index contributed by atoms with van der Waals surface area (Å²) in [5.41, 5.74) is 1.70. The van der Waals surface area contributed by atoms with Gasteiger partial charge in [0.05, 0.1) is 22.3 Å². The van der Waals surface area contributed by atoms with Gasteiger partial charge in [0, 0.05) is 32.2 Å². The molecule has 3 rings (SSSR count). The number of benzene rings is 1. The monoisotopic (exact) mass is 445 g/mol. The zero-order chi connectivity index (χ0) is 22.4. The van der Waals surface area contributed by atoms with Crippen molar-refractivity contribution >= 4 is 27.4 Å². The van der Waals surface area contributed by atoms with Gasteiger partial charge in [-0.1, -0.05) is 25.5 Å². The minimum Gasteiger partial charge on any atom is -0.353 e. The molecule has 2 heterocycles. The Morgan fingerprint density at radius 2 is 1.87 bits per heavy atom. The van der Waals surface area contributed by atoms with E-state index < -0.39 is 10.0 Å². The van der Waals surface area contributed by atoms with E-state index in [9.17, 15) is 13.2 Å². The predicted octanol–water partition coefficient (Wildman–Crippen LogP) is 2.38. The fourth-order valence-corrected chi connectivity index (χ4v) is 4.52. The van der Waals surface area contributed by atoms with Crippen LogP contribution in [0.2, 0.25) is 0 Å². The van der Waals surface area contributed by atoms with Crippen LogP contribution < -0.4 is 20.3 Å². The highest BCUT2D eigenvalue weighted by molar-refractivity contribution is 7.92. The van der Waals surface area contributed by atoms with Gasteiger partial charge in [0.25, 0.3) is 15.9 Å². The van der Waals surface area contributed by atoms with Crippen molar-refractivity contribution in [3.8, 4) is 0 Å². The molecule has 3 N–H and O–H groups in total. The molecule has 1 amide bonds. The zero-order valence-corrected chi connectivity index (χ0v) is 19.1. The van der Waals surface area contributed by atoms with E-state index in [2.05, 4.69) is 27.3 Å². The van der Waals surface area contributed by atoms with Gasteiger partial charge in [-0.15, -0.1) is 0 Å². The molecule has 1 saturated heterocycles. The van der Waals surface area contributed by atoms with Crippen LogP contribution in [0.1, 0.15) is 43.1 Å². The minimum atomic E-state index is -3.79. The molecule has 2 aromatic rings. The van der Waals surface area contributed by atoms with Gasteiger partial charge in [0.2, 0.25) is 0 Å². The van der Waals surface area contributed by atoms with Gasteiger partial charge < -0.3 is 15.5 Å². The summed E-state index contributed by atoms with van der Waals surface area (Å²) < 4.78 is 28.3. The van der Waals surface area contributed by atoms with E-state index in [1.165, 1.54) is 6.20 Å². The molecule has 0 unspecified atom stereocenters. The third kappa shape index (κ3) is 5.95. The smallest absolute Gasteiger partial charge is 0.261 e. The van der Waals surface area contributed by atoms with Crippen molar-refractivity contribution in [2.75, 3.05) is 35.8 Å². The second-order valence-corrected chi connectivity index (χ2v) is 9.64. The molecule has 1 aliphatic rings. The van der Waals surface area contributed by atoms with Gasteiger partial charge in [-0.25, -0.2) is 13.4 Å². The van der Waals surface area contributed by atoms with Crippen LogP contribution in [0.3, 0.4) is 0 Å². The van der Waals surface area contributed by atoms with Crippen LogP contribution in [0.4, 0.5) is 11.5 Å². The number of anilines is 2. The van der Waals surface area contributed by atoms with Crippen LogP contribution >= 0.6 is 0 Å². The van der Waals surface area contributed by atoms with Crippen LogP contribution in [0.15, 0.2) is 41.4 Å². The van der Waals surface area contributed by atoms with Gasteiger partial charge in [-0.3, -0.25) is 9.52 Å². The third-order valence-corrected chi connectivity index (χ3v) is 6.37. The molecule has 0 radical (unpaired) electrons. The Morgan fingerprint density at radius 3 is 2.48 bits per heavy atom. The molecule has 1 fully saturated rings. The summed E-state index contributed by atoms with van der Waals surface area (Å²) in [5, 5.41) is 6.16. The number of nitrogens with zero attached hydrogens (tertiary/aromatic N) is 2. The molecule has 0 aliphatic carbocycles. The topological polar surface area (TPSA) is 103 Å². The number of nitrogens with one attached hydrogen (secondary N) is 3. The second kappa shape index (κ2) is 10.1. The average Bonchev–Trinajstić information content (AvgIpc) is 2.74. The first-order valence-corrected chi connectivity index (χ1v) is 12.2. The van der Waals surface area contributed by atoms with Crippen LogP contribution in [0.25, 0.3) is 0 Å². The lowest BCUT2D eigenvalue weighted by atomic mass is 10.1. The molecule has 0 spiro atoms. The fourth-order valence-electron chi connectivity index (χ4n) is 3.49. The Balaban J connectivity index is 1.89. The maximum atomic E-state index is 12.9. The number of sulfonamides is 1. The van der Waals surface area contributed by atoms with Gasteiger partial charge >= 0.3 is 0 Å². The lowest BCUT2D eigenvalue weighted by molar-refractivity contribution is 0.0943. The summed E-state index contributed by atoms with van der Waals surface area (Å²) in [5.74, 6) is 0.285. The first kappa shape index (κ1) is 23.0. The molecule has 1 aromatic carbocycles. The Hall–Kier alpha value is -2.65. The van der Waals surface area contributed by atoms with Crippen LogP contribution in [-0.2, 0) is 16.4 Å². The maximum absolute atomic E-state index is 12.9. The van der Waals surface area contributed by atoms with Crippen LogP contribution in [0, 0.1) is 0 Å². The van der Waals surface area contributed by atoms with Gasteiger partial charge in [0.1, 0.15) is 5.82 Å². The van der Waals surface area contributed by atoms with Crippen molar-refractivity contribution in [1.82, 2.24) is 15.6 Å². The highest BCUT2D eigenvalue weighted by Crippen LogP contribution is 2.24.